The quantitative estimate of drug-likeness (QED) is 0.704. The van der Waals surface area contributed by atoms with Crippen LogP contribution in [0.1, 0.15) is 59.7 Å². The summed E-state index contributed by atoms with van der Waals surface area (Å²) in [5, 5.41) is 12.8. The van der Waals surface area contributed by atoms with Crippen molar-refractivity contribution in [1.29, 1.82) is 0 Å². The Morgan fingerprint density at radius 2 is 1.97 bits per heavy atom. The van der Waals surface area contributed by atoms with Crippen LogP contribution in [0, 0.1) is 0 Å². The standard InChI is InChI=1S/C22H27N3O5/c1-13(26)24-7-5-22(6-8-24)17-11-15-12-25(18-2-3-19(27)23-20(18)28)21(29)16(15)10-14(17)4-9-30-22/h10-11,18,20,28H,2-9,12H2,1H3,(H,23,27). The highest BCUT2D eigenvalue weighted by atomic mass is 16.5. The van der Waals surface area contributed by atoms with Crippen LogP contribution >= 0.6 is 0 Å². The average molecular weight is 413 g/mol. The van der Waals surface area contributed by atoms with Crippen LogP contribution in [0.15, 0.2) is 12.1 Å². The van der Waals surface area contributed by atoms with Gasteiger partial charge in [-0.2, -0.15) is 0 Å². The first kappa shape index (κ1) is 19.5. The van der Waals surface area contributed by atoms with Crippen molar-refractivity contribution >= 4 is 17.7 Å². The molecule has 2 atom stereocenters. The summed E-state index contributed by atoms with van der Waals surface area (Å²) >= 11 is 0. The lowest BCUT2D eigenvalue weighted by Gasteiger charge is -2.45. The summed E-state index contributed by atoms with van der Waals surface area (Å²) in [6.07, 6.45) is 2.00. The number of amides is 3. The van der Waals surface area contributed by atoms with E-state index < -0.39 is 17.9 Å². The Labute approximate surface area is 175 Å². The lowest BCUT2D eigenvalue weighted by molar-refractivity contribution is -0.138. The van der Waals surface area contributed by atoms with Gasteiger partial charge in [0.2, 0.25) is 11.8 Å². The Morgan fingerprint density at radius 1 is 1.20 bits per heavy atom. The van der Waals surface area contributed by atoms with Gasteiger partial charge in [-0.05, 0) is 48.4 Å². The minimum Gasteiger partial charge on any atom is -0.372 e. The van der Waals surface area contributed by atoms with Crippen LogP contribution in [0.5, 0.6) is 0 Å². The van der Waals surface area contributed by atoms with E-state index in [1.54, 1.807) is 11.8 Å². The van der Waals surface area contributed by atoms with E-state index >= 15 is 0 Å². The first-order chi connectivity index (χ1) is 14.4. The van der Waals surface area contributed by atoms with Gasteiger partial charge in [-0.3, -0.25) is 14.4 Å². The molecule has 2 N–H and O–H groups in total. The average Bonchev–Trinajstić information content (AvgIpc) is 3.03. The molecule has 1 aromatic carbocycles. The second-order valence-electron chi connectivity index (χ2n) is 8.82. The molecule has 4 aliphatic heterocycles. The summed E-state index contributed by atoms with van der Waals surface area (Å²) < 4.78 is 6.30. The van der Waals surface area contributed by atoms with Crippen LogP contribution in [0.3, 0.4) is 0 Å². The smallest absolute Gasteiger partial charge is 0.254 e. The molecular weight excluding hydrogens is 386 g/mol. The van der Waals surface area contributed by atoms with E-state index in [2.05, 4.69) is 11.4 Å². The molecule has 3 amide bonds. The molecule has 8 heteroatoms. The molecular formula is C22H27N3O5. The van der Waals surface area contributed by atoms with Crippen molar-refractivity contribution in [1.82, 2.24) is 15.1 Å². The fourth-order valence-corrected chi connectivity index (χ4v) is 5.46. The van der Waals surface area contributed by atoms with Crippen LogP contribution in [0.2, 0.25) is 0 Å². The zero-order valence-electron chi connectivity index (χ0n) is 17.1. The van der Waals surface area contributed by atoms with Crippen molar-refractivity contribution in [2.75, 3.05) is 19.7 Å². The van der Waals surface area contributed by atoms with Crippen LogP contribution in [-0.2, 0) is 32.9 Å². The molecule has 8 nitrogen and oxygen atoms in total. The first-order valence-corrected chi connectivity index (χ1v) is 10.7. The predicted octanol–water partition coefficient (Wildman–Crippen LogP) is 0.650. The van der Waals surface area contributed by atoms with Gasteiger partial charge in [0.1, 0.15) is 6.23 Å². The third-order valence-electron chi connectivity index (χ3n) is 7.16. The summed E-state index contributed by atoms with van der Waals surface area (Å²) in [6, 6.07) is 3.70. The number of carbonyl (C=O) groups excluding carboxylic acids is 3. The number of aliphatic hydroxyl groups is 1. The van der Waals surface area contributed by atoms with Crippen LogP contribution in [-0.4, -0.2) is 64.6 Å². The fourth-order valence-electron chi connectivity index (χ4n) is 5.46. The summed E-state index contributed by atoms with van der Waals surface area (Å²) in [6.45, 7) is 3.98. The largest absolute Gasteiger partial charge is 0.372 e. The Hall–Kier alpha value is -2.45. The predicted molar refractivity (Wildman–Crippen MR) is 106 cm³/mol. The van der Waals surface area contributed by atoms with Crippen molar-refractivity contribution in [3.05, 3.63) is 34.4 Å². The summed E-state index contributed by atoms with van der Waals surface area (Å²) in [7, 11) is 0. The van der Waals surface area contributed by atoms with Gasteiger partial charge in [-0.15, -0.1) is 0 Å². The van der Waals surface area contributed by atoms with Gasteiger partial charge in [0.15, 0.2) is 0 Å². The van der Waals surface area contributed by atoms with E-state index in [1.165, 1.54) is 0 Å². The number of benzene rings is 1. The number of ether oxygens (including phenoxy) is 1. The normalized spacial score (nSPS) is 27.7. The molecule has 4 heterocycles. The molecule has 0 saturated carbocycles. The van der Waals surface area contributed by atoms with Crippen LogP contribution in [0.25, 0.3) is 0 Å². The van der Waals surface area contributed by atoms with E-state index in [1.807, 2.05) is 11.0 Å². The molecule has 5 rings (SSSR count). The van der Waals surface area contributed by atoms with Crippen molar-refractivity contribution < 1.29 is 24.2 Å². The Morgan fingerprint density at radius 3 is 2.67 bits per heavy atom. The molecule has 30 heavy (non-hydrogen) atoms. The highest BCUT2D eigenvalue weighted by Crippen LogP contribution is 2.44. The molecule has 1 spiro atoms. The maximum absolute atomic E-state index is 13.1. The number of likely N-dealkylation sites (tertiary alicyclic amines) is 1. The third kappa shape index (κ3) is 3.01. The SMILES string of the molecule is CC(=O)N1CCC2(CC1)OCCc1cc3c(cc12)CN(C1CCC(=O)NC1O)C3=O. The second kappa shape index (κ2) is 7.06. The van der Waals surface area contributed by atoms with Gasteiger partial charge in [0.05, 0.1) is 18.2 Å². The maximum Gasteiger partial charge on any atom is 0.254 e. The van der Waals surface area contributed by atoms with E-state index in [0.717, 1.165) is 36.0 Å². The monoisotopic (exact) mass is 413 g/mol. The maximum atomic E-state index is 13.1. The highest BCUT2D eigenvalue weighted by molar-refractivity contribution is 5.99. The number of fused-ring (bicyclic) bond motifs is 3. The fraction of sp³-hybridized carbons (Fsp3) is 0.591. The summed E-state index contributed by atoms with van der Waals surface area (Å²) in [5.74, 6) is -0.177. The Bertz CT molecular complexity index is 922. The molecule has 1 aromatic rings. The third-order valence-corrected chi connectivity index (χ3v) is 7.16. The molecule has 0 aromatic heterocycles. The molecule has 0 radical (unpaired) electrons. The van der Waals surface area contributed by atoms with E-state index in [0.29, 0.717) is 44.6 Å². The summed E-state index contributed by atoms with van der Waals surface area (Å²) in [5.41, 5.74) is 3.52. The van der Waals surface area contributed by atoms with Crippen molar-refractivity contribution in [2.24, 2.45) is 0 Å². The minimum atomic E-state index is -1.04. The number of nitrogens with one attached hydrogen (secondary N) is 1. The van der Waals surface area contributed by atoms with Crippen molar-refractivity contribution in [2.45, 2.75) is 63.4 Å². The Balaban J connectivity index is 1.44. The first-order valence-electron chi connectivity index (χ1n) is 10.7. The van der Waals surface area contributed by atoms with E-state index in [4.69, 9.17) is 4.74 Å². The second-order valence-corrected chi connectivity index (χ2v) is 8.82. The number of nitrogens with zero attached hydrogens (tertiary/aromatic N) is 2. The molecule has 0 bridgehead atoms. The number of aliphatic hydroxyl groups excluding tert-OH is 1. The van der Waals surface area contributed by atoms with Gasteiger partial charge in [-0.25, -0.2) is 0 Å². The summed E-state index contributed by atoms with van der Waals surface area (Å²) in [4.78, 5) is 39.9. The van der Waals surface area contributed by atoms with Gasteiger partial charge in [-0.1, -0.05) is 6.07 Å². The van der Waals surface area contributed by atoms with E-state index in [-0.39, 0.29) is 17.7 Å². The van der Waals surface area contributed by atoms with Gasteiger partial charge >= 0.3 is 0 Å². The van der Waals surface area contributed by atoms with Crippen molar-refractivity contribution in [3.63, 3.8) is 0 Å². The van der Waals surface area contributed by atoms with Crippen LogP contribution < -0.4 is 5.32 Å². The minimum absolute atomic E-state index is 0.0834. The van der Waals surface area contributed by atoms with Gasteiger partial charge < -0.3 is 25.0 Å². The Kier molecular flexibility index (Phi) is 4.59. The number of hydrogen-bond acceptors (Lipinski definition) is 5. The topological polar surface area (TPSA) is 99.2 Å². The van der Waals surface area contributed by atoms with Gasteiger partial charge in [0, 0.05) is 38.5 Å². The number of carbonyl (C=O) groups is 3. The number of piperidine rings is 2. The molecule has 0 aliphatic carbocycles. The molecule has 4 aliphatic rings. The zero-order chi connectivity index (χ0) is 21.0. The molecule has 2 fully saturated rings. The van der Waals surface area contributed by atoms with Gasteiger partial charge in [0.25, 0.3) is 5.91 Å². The molecule has 2 unspecified atom stereocenters. The number of hydrogen-bond donors (Lipinski definition) is 2. The molecule has 160 valence electrons. The lowest BCUT2D eigenvalue weighted by atomic mass is 9.78. The highest BCUT2D eigenvalue weighted by Gasteiger charge is 2.44. The van der Waals surface area contributed by atoms with Crippen molar-refractivity contribution in [3.8, 4) is 0 Å². The molecule has 2 saturated heterocycles. The lowest BCUT2D eigenvalue weighted by Crippen LogP contribution is -2.55. The zero-order valence-corrected chi connectivity index (χ0v) is 17.1. The number of rotatable bonds is 1. The van der Waals surface area contributed by atoms with Crippen LogP contribution in [0.4, 0.5) is 0 Å². The van der Waals surface area contributed by atoms with E-state index in [9.17, 15) is 19.5 Å².